The number of likely N-dealkylation sites (tertiary alicyclic amines) is 1. The summed E-state index contributed by atoms with van der Waals surface area (Å²) in [4.78, 5) is 6.59. The molecule has 3 atom stereocenters. The molecule has 1 aromatic carbocycles. The van der Waals surface area contributed by atoms with Gasteiger partial charge in [0.15, 0.2) is 0 Å². The molecule has 0 amide bonds. The van der Waals surface area contributed by atoms with Crippen LogP contribution >= 0.6 is 0 Å². The van der Waals surface area contributed by atoms with Gasteiger partial charge < -0.3 is 0 Å². The highest BCUT2D eigenvalue weighted by atomic mass is 19.4. The number of hydrogen-bond acceptors (Lipinski definition) is 1. The molecule has 0 radical (unpaired) electrons. The first-order chi connectivity index (χ1) is 11.5. The molecule has 0 bridgehead atoms. The maximum Gasteiger partial charge on any atom is 0.416 e. The summed E-state index contributed by atoms with van der Waals surface area (Å²) in [5, 5.41) is 0. The Hall–Kier alpha value is -1.54. The smallest absolute Gasteiger partial charge is 0.299 e. The van der Waals surface area contributed by atoms with Crippen molar-refractivity contribution in [1.29, 1.82) is 0 Å². The Morgan fingerprint density at radius 1 is 1.17 bits per heavy atom. The summed E-state index contributed by atoms with van der Waals surface area (Å²) in [6.45, 7) is 2.17. The molecule has 1 aliphatic carbocycles. The second-order valence-electron chi connectivity index (χ2n) is 6.90. The number of benzene rings is 1. The molecule has 0 aromatic heterocycles. The van der Waals surface area contributed by atoms with E-state index in [1.807, 2.05) is 6.07 Å². The number of rotatable bonds is 2. The van der Waals surface area contributed by atoms with Gasteiger partial charge in [0.05, 0.1) is 5.56 Å². The van der Waals surface area contributed by atoms with E-state index in [0.717, 1.165) is 44.0 Å². The molecule has 1 heterocycles. The Labute approximate surface area is 141 Å². The highest BCUT2D eigenvalue weighted by Crippen LogP contribution is 2.40. The molecule has 5 heteroatoms. The molecule has 3 rings (SSSR count). The van der Waals surface area contributed by atoms with Crippen LogP contribution in [-0.4, -0.2) is 31.1 Å². The Bertz CT molecular complexity index is 623. The van der Waals surface area contributed by atoms with Crippen LogP contribution in [0.4, 0.5) is 13.2 Å². The summed E-state index contributed by atoms with van der Waals surface area (Å²) < 4.78 is 39.0. The largest absolute Gasteiger partial charge is 0.416 e. The summed E-state index contributed by atoms with van der Waals surface area (Å²) in [5.74, 6) is 0.489. The predicted octanol–water partition coefficient (Wildman–Crippen LogP) is 5.02. The lowest BCUT2D eigenvalue weighted by molar-refractivity contribution is -0.137. The third-order valence-corrected chi connectivity index (χ3v) is 5.41. The first-order valence-electron chi connectivity index (χ1n) is 8.74. The van der Waals surface area contributed by atoms with E-state index in [2.05, 4.69) is 15.8 Å². The lowest BCUT2D eigenvalue weighted by Gasteiger charge is -2.37. The molecular weight excluding hydrogens is 313 g/mol. The van der Waals surface area contributed by atoms with E-state index in [1.165, 1.54) is 25.0 Å². The van der Waals surface area contributed by atoms with Crippen LogP contribution in [0.25, 0.3) is 4.85 Å². The van der Waals surface area contributed by atoms with Gasteiger partial charge in [-0.15, -0.1) is 0 Å². The summed E-state index contributed by atoms with van der Waals surface area (Å²) in [7, 11) is 1.75. The normalized spacial score (nSPS) is 28.4. The minimum atomic E-state index is -4.27. The zero-order valence-electron chi connectivity index (χ0n) is 14.0. The monoisotopic (exact) mass is 337 g/mol. The summed E-state index contributed by atoms with van der Waals surface area (Å²) >= 11 is 0. The fourth-order valence-corrected chi connectivity index (χ4v) is 4.21. The molecule has 130 valence electrons. The van der Waals surface area contributed by atoms with Crippen LogP contribution in [0.2, 0.25) is 0 Å². The van der Waals surface area contributed by atoms with Crippen molar-refractivity contribution < 1.29 is 13.2 Å². The zero-order valence-corrected chi connectivity index (χ0v) is 14.0. The van der Waals surface area contributed by atoms with Crippen molar-refractivity contribution in [3.63, 3.8) is 0 Å². The average Bonchev–Trinajstić information content (AvgIpc) is 3.09. The average molecular weight is 337 g/mol. The van der Waals surface area contributed by atoms with Gasteiger partial charge in [0.1, 0.15) is 5.92 Å². The van der Waals surface area contributed by atoms with E-state index in [1.54, 1.807) is 7.05 Å². The van der Waals surface area contributed by atoms with Gasteiger partial charge in [0.2, 0.25) is 0 Å². The third-order valence-electron chi connectivity index (χ3n) is 5.41. The molecule has 2 fully saturated rings. The van der Waals surface area contributed by atoms with Gasteiger partial charge in [-0.3, -0.25) is 4.90 Å². The Balaban J connectivity index is 1.81. The van der Waals surface area contributed by atoms with Crippen LogP contribution in [0, 0.1) is 12.0 Å². The van der Waals surface area contributed by atoms with Gasteiger partial charge in [-0.25, -0.2) is 0 Å². The van der Waals surface area contributed by atoms with Crippen molar-refractivity contribution >= 4 is 0 Å². The van der Waals surface area contributed by atoms with Crippen LogP contribution in [-0.2, 0) is 6.18 Å². The molecule has 1 aliphatic heterocycles. The molecule has 1 saturated heterocycles. The highest BCUT2D eigenvalue weighted by molar-refractivity contribution is 5.29. The lowest BCUT2D eigenvalue weighted by atomic mass is 9.75. The van der Waals surface area contributed by atoms with Crippen molar-refractivity contribution in [2.24, 2.45) is 5.92 Å². The van der Waals surface area contributed by atoms with Crippen LogP contribution in [0.1, 0.15) is 49.1 Å². The van der Waals surface area contributed by atoms with Crippen LogP contribution in [0.15, 0.2) is 24.3 Å². The Kier molecular flexibility index (Phi) is 5.15. The molecule has 0 N–H and O–H groups in total. The van der Waals surface area contributed by atoms with Gasteiger partial charge in [-0.05, 0) is 62.7 Å². The van der Waals surface area contributed by atoms with E-state index in [0.29, 0.717) is 12.0 Å². The van der Waals surface area contributed by atoms with Crippen LogP contribution < -0.4 is 0 Å². The zero-order chi connectivity index (χ0) is 17.2. The van der Waals surface area contributed by atoms with E-state index >= 15 is 0 Å². The maximum absolute atomic E-state index is 13.0. The fourth-order valence-electron chi connectivity index (χ4n) is 4.21. The minimum absolute atomic E-state index is 0.188. The summed E-state index contributed by atoms with van der Waals surface area (Å²) in [6.07, 6.45) is 0.887. The highest BCUT2D eigenvalue weighted by Gasteiger charge is 2.38. The quantitative estimate of drug-likeness (QED) is 0.735. The van der Waals surface area contributed by atoms with Gasteiger partial charge in [-0.1, -0.05) is 23.0 Å². The molecule has 0 spiro atoms. The second-order valence-corrected chi connectivity index (χ2v) is 6.90. The molecule has 1 saturated carbocycles. The number of alkyl halides is 3. The van der Waals surface area contributed by atoms with Crippen LogP contribution in [0.5, 0.6) is 0 Å². The van der Waals surface area contributed by atoms with Crippen molar-refractivity contribution in [2.75, 3.05) is 20.1 Å². The molecular formula is C19H24F3N2+. The summed E-state index contributed by atoms with van der Waals surface area (Å²) in [6, 6.07) is 9.45. The number of hydrogen-bond donors (Lipinski definition) is 0. The fraction of sp³-hybridized carbons (Fsp3) is 0.632. The van der Waals surface area contributed by atoms with Crippen molar-refractivity contribution in [3.05, 3.63) is 40.2 Å². The molecule has 2 aliphatic rings. The van der Waals surface area contributed by atoms with E-state index < -0.39 is 11.7 Å². The molecule has 1 aromatic rings. The standard InChI is InChI=1S/C19H24F3N2/c1-23-13-16-8-7-15(12-18(16)24-9-2-3-10-24)14-5-4-6-17(11-14)19(20,21)22/h4-6,11,15-16,18H,2-3,7-10,12H2,1H3/q+1/t15-,16?,18-/m0/s1. The lowest BCUT2D eigenvalue weighted by Crippen LogP contribution is -2.42. The minimum Gasteiger partial charge on any atom is -0.299 e. The van der Waals surface area contributed by atoms with E-state index in [4.69, 9.17) is 0 Å². The summed E-state index contributed by atoms with van der Waals surface area (Å²) in [5.41, 5.74) is 0.280. The third kappa shape index (κ3) is 3.75. The SMILES string of the molecule is C[N+]#CC1CC[C@H](c2cccc(C(F)(F)F)c2)C[C@@H]1N1CCCC1. The first kappa shape index (κ1) is 17.3. The number of nitrogens with zero attached hydrogens (tertiary/aromatic N) is 2. The Morgan fingerprint density at radius 3 is 2.58 bits per heavy atom. The molecule has 1 unspecified atom stereocenters. The second kappa shape index (κ2) is 7.14. The van der Waals surface area contributed by atoms with Gasteiger partial charge in [0, 0.05) is 6.04 Å². The van der Waals surface area contributed by atoms with E-state index in [9.17, 15) is 13.2 Å². The van der Waals surface area contributed by atoms with Gasteiger partial charge >= 0.3 is 6.18 Å². The molecule has 24 heavy (non-hydrogen) atoms. The van der Waals surface area contributed by atoms with Gasteiger partial charge in [-0.2, -0.15) is 13.2 Å². The van der Waals surface area contributed by atoms with Crippen molar-refractivity contribution in [1.82, 2.24) is 4.90 Å². The van der Waals surface area contributed by atoms with Gasteiger partial charge in [0.25, 0.3) is 13.1 Å². The van der Waals surface area contributed by atoms with E-state index in [-0.39, 0.29) is 5.92 Å². The molecule has 2 nitrogen and oxygen atoms in total. The Morgan fingerprint density at radius 2 is 1.92 bits per heavy atom. The number of halogens is 3. The predicted molar refractivity (Wildman–Crippen MR) is 89.3 cm³/mol. The van der Waals surface area contributed by atoms with Crippen LogP contribution in [0.3, 0.4) is 0 Å². The van der Waals surface area contributed by atoms with Crippen molar-refractivity contribution in [2.45, 2.75) is 50.2 Å². The maximum atomic E-state index is 13.0. The topological polar surface area (TPSA) is 7.60 Å². The van der Waals surface area contributed by atoms with Crippen molar-refractivity contribution in [3.8, 4) is 6.07 Å². The first-order valence-corrected chi connectivity index (χ1v) is 8.74.